The van der Waals surface area contributed by atoms with Crippen molar-refractivity contribution < 1.29 is 33.0 Å². The zero-order valence-corrected chi connectivity index (χ0v) is 10.8. The summed E-state index contributed by atoms with van der Waals surface area (Å²) in [7, 11) is 0. The van der Waals surface area contributed by atoms with Crippen molar-refractivity contribution in [1.29, 1.82) is 0 Å². The lowest BCUT2D eigenvalue weighted by molar-refractivity contribution is -0.166. The number of aliphatic hydroxyl groups excluding tert-OH is 1. The molecule has 0 saturated carbocycles. The zero-order valence-electron chi connectivity index (χ0n) is 10.8. The van der Waals surface area contributed by atoms with Gasteiger partial charge in [-0.15, -0.1) is 10.2 Å². The van der Waals surface area contributed by atoms with E-state index in [2.05, 4.69) is 10.2 Å². The third-order valence-electron chi connectivity index (χ3n) is 3.03. The fourth-order valence-corrected chi connectivity index (χ4v) is 1.72. The van der Waals surface area contributed by atoms with Crippen LogP contribution in [-0.4, -0.2) is 40.9 Å². The summed E-state index contributed by atoms with van der Waals surface area (Å²) in [5.74, 6) is -2.27. The molecule has 0 radical (unpaired) electrons. The quantitative estimate of drug-likeness (QED) is 0.753. The molecule has 1 aromatic rings. The first-order valence-corrected chi connectivity index (χ1v) is 5.97. The van der Waals surface area contributed by atoms with Gasteiger partial charge in [-0.3, -0.25) is 4.79 Å². The first kappa shape index (κ1) is 15.9. The molecule has 1 amide bonds. The molecule has 0 bridgehead atoms. The number of nitrogens with one attached hydrogen (secondary N) is 1. The lowest BCUT2D eigenvalue weighted by atomic mass is 10.0. The Bertz CT molecular complexity index is 621. The fourth-order valence-electron chi connectivity index (χ4n) is 1.72. The summed E-state index contributed by atoms with van der Waals surface area (Å²) in [5, 5.41) is 25.6. The maximum Gasteiger partial charge on any atom is 0.442 e. The molecule has 1 atom stereocenters. The Labute approximate surface area is 121 Å². The van der Waals surface area contributed by atoms with Crippen molar-refractivity contribution in [2.75, 3.05) is 6.61 Å². The largest absolute Gasteiger partial charge is 0.480 e. The molecule has 1 aromatic carbocycles. The van der Waals surface area contributed by atoms with Gasteiger partial charge in [0.1, 0.15) is 0 Å². The Morgan fingerprint density at radius 2 is 1.77 bits per heavy atom. The molecule has 0 aliphatic carbocycles. The van der Waals surface area contributed by atoms with E-state index >= 15 is 0 Å². The van der Waals surface area contributed by atoms with Crippen LogP contribution >= 0.6 is 0 Å². The van der Waals surface area contributed by atoms with Gasteiger partial charge in [-0.25, -0.2) is 4.79 Å². The van der Waals surface area contributed by atoms with Gasteiger partial charge >= 0.3 is 17.8 Å². The minimum Gasteiger partial charge on any atom is -0.480 e. The van der Waals surface area contributed by atoms with Gasteiger partial charge < -0.3 is 15.5 Å². The first-order valence-electron chi connectivity index (χ1n) is 5.97. The van der Waals surface area contributed by atoms with Gasteiger partial charge in [0.2, 0.25) is 0 Å². The van der Waals surface area contributed by atoms with Crippen molar-refractivity contribution in [2.45, 2.75) is 17.9 Å². The van der Waals surface area contributed by atoms with Crippen LogP contribution in [0.15, 0.2) is 34.5 Å². The topological polar surface area (TPSA) is 111 Å². The zero-order chi connectivity index (χ0) is 16.5. The molecule has 1 heterocycles. The molecule has 0 unspecified atom stereocenters. The van der Waals surface area contributed by atoms with Crippen LogP contribution in [0.2, 0.25) is 0 Å². The van der Waals surface area contributed by atoms with Crippen molar-refractivity contribution in [1.82, 2.24) is 5.32 Å². The highest BCUT2D eigenvalue weighted by Crippen LogP contribution is 2.52. The second kappa shape index (κ2) is 5.37. The predicted molar refractivity (Wildman–Crippen MR) is 65.0 cm³/mol. The van der Waals surface area contributed by atoms with E-state index in [0.29, 0.717) is 0 Å². The second-order valence-corrected chi connectivity index (χ2v) is 4.49. The lowest BCUT2D eigenvalue weighted by Gasteiger charge is -2.15. The van der Waals surface area contributed by atoms with Crippen LogP contribution in [0.3, 0.4) is 0 Å². The lowest BCUT2D eigenvalue weighted by Crippen LogP contribution is -2.43. The molecule has 1 aliphatic rings. The van der Waals surface area contributed by atoms with E-state index in [1.165, 1.54) is 0 Å². The number of carbonyl (C=O) groups excluding carboxylic acids is 1. The van der Waals surface area contributed by atoms with Gasteiger partial charge in [-0.2, -0.15) is 13.2 Å². The summed E-state index contributed by atoms with van der Waals surface area (Å²) in [6.45, 7) is -0.811. The van der Waals surface area contributed by atoms with Crippen molar-refractivity contribution in [3.63, 3.8) is 0 Å². The van der Waals surface area contributed by atoms with E-state index in [-0.39, 0.29) is 11.1 Å². The number of hydrogen-bond acceptors (Lipinski definition) is 5. The predicted octanol–water partition coefficient (Wildman–Crippen LogP) is 1.04. The fraction of sp³-hybridized carbons (Fsp3) is 0.333. The Hall–Kier alpha value is -2.49. The molecule has 118 valence electrons. The van der Waals surface area contributed by atoms with E-state index in [4.69, 9.17) is 10.2 Å². The van der Waals surface area contributed by atoms with Gasteiger partial charge in [0.15, 0.2) is 6.04 Å². The molecular formula is C12H10F3N3O4. The molecule has 22 heavy (non-hydrogen) atoms. The number of aliphatic hydroxyl groups is 1. The van der Waals surface area contributed by atoms with E-state index < -0.39 is 36.4 Å². The normalized spacial score (nSPS) is 16.9. The molecule has 1 aliphatic heterocycles. The van der Waals surface area contributed by atoms with E-state index in [9.17, 15) is 22.8 Å². The number of carbonyl (C=O) groups is 2. The van der Waals surface area contributed by atoms with E-state index in [1.54, 1.807) is 0 Å². The number of aliphatic carboxylic acids is 1. The summed E-state index contributed by atoms with van der Waals surface area (Å²) in [4.78, 5) is 22.4. The summed E-state index contributed by atoms with van der Waals surface area (Å²) in [5.41, 5.74) is -2.87. The van der Waals surface area contributed by atoms with E-state index in [0.717, 1.165) is 24.3 Å². The third kappa shape index (κ3) is 2.77. The SMILES string of the molecule is O=C(N[C@@H](CO)C(=O)O)c1ccc(C2(C(F)(F)F)N=N2)cc1. The number of carboxylic acid groups (broad SMARTS) is 1. The maximum atomic E-state index is 12.8. The minimum atomic E-state index is -4.66. The summed E-state index contributed by atoms with van der Waals surface area (Å²) in [6, 6.07) is 2.77. The number of nitrogens with zero attached hydrogens (tertiary/aromatic N) is 2. The maximum absolute atomic E-state index is 12.8. The van der Waals surface area contributed by atoms with E-state index in [1.807, 2.05) is 5.32 Å². The van der Waals surface area contributed by atoms with Gasteiger partial charge in [0.25, 0.3) is 5.91 Å². The van der Waals surface area contributed by atoms with Crippen LogP contribution in [0.4, 0.5) is 13.2 Å². The van der Waals surface area contributed by atoms with Crippen LogP contribution in [0.5, 0.6) is 0 Å². The Morgan fingerprint density at radius 3 is 2.14 bits per heavy atom. The van der Waals surface area contributed by atoms with Gasteiger partial charge in [-0.1, -0.05) is 12.1 Å². The van der Waals surface area contributed by atoms with Crippen LogP contribution in [-0.2, 0) is 10.5 Å². The number of alkyl halides is 3. The molecule has 7 nitrogen and oxygen atoms in total. The minimum absolute atomic E-state index is 0.0542. The Morgan fingerprint density at radius 1 is 1.23 bits per heavy atom. The number of hydrogen-bond donors (Lipinski definition) is 3. The molecule has 0 fully saturated rings. The highest BCUT2D eigenvalue weighted by Gasteiger charge is 2.65. The molecular weight excluding hydrogens is 307 g/mol. The standard InChI is InChI=1S/C12H10F3N3O4/c13-12(14,15)11(17-18-11)7-3-1-6(2-4-7)9(20)16-8(5-19)10(21)22/h1-4,8,19H,5H2,(H,16,20)(H,21,22)/t8-/m0/s1. The molecule has 3 N–H and O–H groups in total. The molecule has 2 rings (SSSR count). The van der Waals surface area contributed by atoms with Crippen LogP contribution in [0, 0.1) is 0 Å². The summed E-state index contributed by atoms with van der Waals surface area (Å²) < 4.78 is 38.4. The summed E-state index contributed by atoms with van der Waals surface area (Å²) >= 11 is 0. The van der Waals surface area contributed by atoms with Crippen molar-refractivity contribution in [2.24, 2.45) is 10.2 Å². The molecule has 0 spiro atoms. The molecule has 0 aromatic heterocycles. The molecule has 0 saturated heterocycles. The summed E-state index contributed by atoms with van der Waals surface area (Å²) in [6.07, 6.45) is -4.66. The van der Waals surface area contributed by atoms with Gasteiger partial charge in [0.05, 0.1) is 6.61 Å². The molecule has 10 heteroatoms. The van der Waals surface area contributed by atoms with Crippen molar-refractivity contribution >= 4 is 11.9 Å². The smallest absolute Gasteiger partial charge is 0.442 e. The second-order valence-electron chi connectivity index (χ2n) is 4.49. The van der Waals surface area contributed by atoms with Gasteiger partial charge in [-0.05, 0) is 12.1 Å². The van der Waals surface area contributed by atoms with Crippen molar-refractivity contribution in [3.8, 4) is 0 Å². The van der Waals surface area contributed by atoms with Crippen LogP contribution in [0.1, 0.15) is 15.9 Å². The Kier molecular flexibility index (Phi) is 3.88. The highest BCUT2D eigenvalue weighted by atomic mass is 19.4. The monoisotopic (exact) mass is 317 g/mol. The average Bonchev–Trinajstić information content (AvgIpc) is 3.25. The van der Waals surface area contributed by atoms with Crippen LogP contribution in [0.25, 0.3) is 0 Å². The number of halogens is 3. The van der Waals surface area contributed by atoms with Crippen LogP contribution < -0.4 is 5.32 Å². The third-order valence-corrected chi connectivity index (χ3v) is 3.03. The highest BCUT2D eigenvalue weighted by molar-refractivity contribution is 5.96. The Balaban J connectivity index is 2.13. The average molecular weight is 317 g/mol. The number of carboxylic acids is 1. The van der Waals surface area contributed by atoms with Gasteiger partial charge in [0, 0.05) is 11.1 Å². The van der Waals surface area contributed by atoms with Crippen molar-refractivity contribution in [3.05, 3.63) is 35.4 Å². The number of amides is 1. The number of rotatable bonds is 5. The number of benzene rings is 1. The first-order chi connectivity index (χ1) is 10.2.